The van der Waals surface area contributed by atoms with Crippen LogP contribution in [0.1, 0.15) is 65.2 Å². The molecule has 1 saturated carbocycles. The number of rotatable bonds is 3. The number of carbonyl (C=O) groups excluding carboxylic acids is 1. The van der Waals surface area contributed by atoms with Crippen molar-refractivity contribution >= 4 is 5.91 Å². The maximum atomic E-state index is 12.3. The maximum absolute atomic E-state index is 12.3. The molecule has 19 heavy (non-hydrogen) atoms. The van der Waals surface area contributed by atoms with Gasteiger partial charge in [0.25, 0.3) is 0 Å². The summed E-state index contributed by atoms with van der Waals surface area (Å²) in [6.45, 7) is 5.54. The summed E-state index contributed by atoms with van der Waals surface area (Å²) in [4.78, 5) is 14.2. The van der Waals surface area contributed by atoms with Crippen LogP contribution in [-0.2, 0) is 4.79 Å². The van der Waals surface area contributed by atoms with E-state index in [0.29, 0.717) is 18.9 Å². The summed E-state index contributed by atoms with van der Waals surface area (Å²) in [5, 5.41) is 9.93. The van der Waals surface area contributed by atoms with Gasteiger partial charge in [-0.25, -0.2) is 0 Å². The third-order valence-corrected chi connectivity index (χ3v) is 5.02. The first kappa shape index (κ1) is 14.8. The standard InChI is InChI=1S/C16H29NO2/c1-16(2)12-17(11-10-14(16)18)15(19)9-8-13-6-4-3-5-7-13/h13-14,18H,3-12H2,1-2H3. The first-order chi connectivity index (χ1) is 8.99. The number of nitrogens with zero attached hydrogens (tertiary/aromatic N) is 1. The van der Waals surface area contributed by atoms with Crippen LogP contribution in [0.15, 0.2) is 0 Å². The van der Waals surface area contributed by atoms with E-state index in [1.807, 2.05) is 4.90 Å². The van der Waals surface area contributed by atoms with E-state index in [2.05, 4.69) is 13.8 Å². The Bertz CT molecular complexity index is 308. The number of carbonyl (C=O) groups is 1. The van der Waals surface area contributed by atoms with Crippen molar-refractivity contribution in [3.8, 4) is 0 Å². The van der Waals surface area contributed by atoms with Gasteiger partial charge in [-0.15, -0.1) is 0 Å². The second-order valence-corrected chi connectivity index (χ2v) is 7.15. The largest absolute Gasteiger partial charge is 0.392 e. The quantitative estimate of drug-likeness (QED) is 0.854. The molecule has 3 heteroatoms. The van der Waals surface area contributed by atoms with Crippen LogP contribution in [0.5, 0.6) is 0 Å². The molecule has 110 valence electrons. The predicted molar refractivity (Wildman–Crippen MR) is 76.8 cm³/mol. The predicted octanol–water partition coefficient (Wildman–Crippen LogP) is 2.97. The Labute approximate surface area is 117 Å². The fraction of sp³-hybridized carbons (Fsp3) is 0.938. The molecule has 2 fully saturated rings. The van der Waals surface area contributed by atoms with E-state index in [1.165, 1.54) is 32.1 Å². The minimum atomic E-state index is -0.269. The summed E-state index contributed by atoms with van der Waals surface area (Å²) in [7, 11) is 0. The molecule has 0 aromatic heterocycles. The molecule has 1 amide bonds. The van der Waals surface area contributed by atoms with Gasteiger partial charge >= 0.3 is 0 Å². The molecule has 0 bridgehead atoms. The van der Waals surface area contributed by atoms with Crippen molar-refractivity contribution in [3.05, 3.63) is 0 Å². The summed E-state index contributed by atoms with van der Waals surface area (Å²) < 4.78 is 0. The third-order valence-electron chi connectivity index (χ3n) is 5.02. The van der Waals surface area contributed by atoms with Crippen LogP contribution in [-0.4, -0.2) is 35.1 Å². The second-order valence-electron chi connectivity index (χ2n) is 7.15. The van der Waals surface area contributed by atoms with E-state index in [4.69, 9.17) is 0 Å². The Morgan fingerprint density at radius 1 is 1.21 bits per heavy atom. The number of aliphatic hydroxyl groups is 1. The summed E-state index contributed by atoms with van der Waals surface area (Å²) in [6, 6.07) is 0. The minimum absolute atomic E-state index is 0.154. The lowest BCUT2D eigenvalue weighted by Crippen LogP contribution is -2.50. The van der Waals surface area contributed by atoms with Crippen LogP contribution < -0.4 is 0 Å². The highest BCUT2D eigenvalue weighted by Gasteiger charge is 2.36. The molecular formula is C16H29NO2. The molecule has 0 spiro atoms. The number of aliphatic hydroxyl groups excluding tert-OH is 1. The lowest BCUT2D eigenvalue weighted by atomic mass is 9.81. The average molecular weight is 267 g/mol. The lowest BCUT2D eigenvalue weighted by molar-refractivity contribution is -0.138. The molecule has 1 heterocycles. The molecular weight excluding hydrogens is 238 g/mol. The minimum Gasteiger partial charge on any atom is -0.392 e. The first-order valence-corrected chi connectivity index (χ1v) is 7.95. The van der Waals surface area contributed by atoms with Crippen LogP contribution in [0.4, 0.5) is 0 Å². The molecule has 1 aliphatic carbocycles. The third kappa shape index (κ3) is 3.95. The fourth-order valence-corrected chi connectivity index (χ4v) is 3.52. The number of hydrogen-bond acceptors (Lipinski definition) is 2. The van der Waals surface area contributed by atoms with E-state index >= 15 is 0 Å². The zero-order valence-electron chi connectivity index (χ0n) is 12.5. The van der Waals surface area contributed by atoms with Crippen molar-refractivity contribution in [1.29, 1.82) is 0 Å². The molecule has 1 atom stereocenters. The zero-order valence-corrected chi connectivity index (χ0v) is 12.5. The van der Waals surface area contributed by atoms with Gasteiger partial charge in [-0.3, -0.25) is 4.79 Å². The van der Waals surface area contributed by atoms with Crippen molar-refractivity contribution in [1.82, 2.24) is 4.90 Å². The highest BCUT2D eigenvalue weighted by molar-refractivity contribution is 5.76. The van der Waals surface area contributed by atoms with Gasteiger partial charge in [0.15, 0.2) is 0 Å². The highest BCUT2D eigenvalue weighted by atomic mass is 16.3. The van der Waals surface area contributed by atoms with Gasteiger partial charge in [0, 0.05) is 24.9 Å². The Hall–Kier alpha value is -0.570. The monoisotopic (exact) mass is 267 g/mol. The molecule has 3 nitrogen and oxygen atoms in total. The lowest BCUT2D eigenvalue weighted by Gasteiger charge is -2.42. The van der Waals surface area contributed by atoms with E-state index in [-0.39, 0.29) is 11.5 Å². The van der Waals surface area contributed by atoms with Gasteiger partial charge in [-0.05, 0) is 18.8 Å². The Morgan fingerprint density at radius 2 is 1.89 bits per heavy atom. The summed E-state index contributed by atoms with van der Waals surface area (Å²) in [5.41, 5.74) is -0.154. The van der Waals surface area contributed by atoms with Crippen molar-refractivity contribution in [2.24, 2.45) is 11.3 Å². The molecule has 0 aromatic carbocycles. The fourth-order valence-electron chi connectivity index (χ4n) is 3.52. The molecule has 1 N–H and O–H groups in total. The summed E-state index contributed by atoms with van der Waals surface area (Å²) in [5.74, 6) is 1.08. The van der Waals surface area contributed by atoms with Crippen molar-refractivity contribution in [3.63, 3.8) is 0 Å². The molecule has 2 rings (SSSR count). The Kier molecular flexibility index (Phi) is 4.88. The number of hydrogen-bond donors (Lipinski definition) is 1. The van der Waals surface area contributed by atoms with E-state index < -0.39 is 0 Å². The molecule has 1 unspecified atom stereocenters. The first-order valence-electron chi connectivity index (χ1n) is 7.95. The Balaban J connectivity index is 1.76. The highest BCUT2D eigenvalue weighted by Crippen LogP contribution is 2.31. The zero-order chi connectivity index (χ0) is 13.9. The second kappa shape index (κ2) is 6.25. The summed E-state index contributed by atoms with van der Waals surface area (Å²) >= 11 is 0. The number of amides is 1. The summed E-state index contributed by atoms with van der Waals surface area (Å²) in [6.07, 6.45) is 8.94. The SMILES string of the molecule is CC1(C)CN(C(=O)CCC2CCCCC2)CCC1O. The molecule has 0 aromatic rings. The number of piperidine rings is 1. The van der Waals surface area contributed by atoms with Gasteiger partial charge in [-0.1, -0.05) is 46.0 Å². The van der Waals surface area contributed by atoms with Crippen LogP contribution in [0, 0.1) is 11.3 Å². The van der Waals surface area contributed by atoms with Crippen molar-refractivity contribution in [2.75, 3.05) is 13.1 Å². The van der Waals surface area contributed by atoms with Crippen molar-refractivity contribution < 1.29 is 9.90 Å². The van der Waals surface area contributed by atoms with Gasteiger partial charge in [0.05, 0.1) is 6.10 Å². The van der Waals surface area contributed by atoms with Crippen LogP contribution >= 0.6 is 0 Å². The van der Waals surface area contributed by atoms with E-state index in [9.17, 15) is 9.90 Å². The van der Waals surface area contributed by atoms with Gasteiger partial charge in [0.1, 0.15) is 0 Å². The Morgan fingerprint density at radius 3 is 2.53 bits per heavy atom. The molecule has 1 aliphatic heterocycles. The van der Waals surface area contributed by atoms with Crippen LogP contribution in [0.2, 0.25) is 0 Å². The topological polar surface area (TPSA) is 40.5 Å². The average Bonchev–Trinajstić information content (AvgIpc) is 2.40. The normalized spacial score (nSPS) is 28.4. The molecule has 0 radical (unpaired) electrons. The van der Waals surface area contributed by atoms with Gasteiger partial charge in [-0.2, -0.15) is 0 Å². The molecule has 1 saturated heterocycles. The van der Waals surface area contributed by atoms with E-state index in [0.717, 1.165) is 25.3 Å². The van der Waals surface area contributed by atoms with Gasteiger partial charge < -0.3 is 10.0 Å². The van der Waals surface area contributed by atoms with Crippen LogP contribution in [0.3, 0.4) is 0 Å². The number of likely N-dealkylation sites (tertiary alicyclic amines) is 1. The van der Waals surface area contributed by atoms with Gasteiger partial charge in [0.2, 0.25) is 5.91 Å². The van der Waals surface area contributed by atoms with Crippen LogP contribution in [0.25, 0.3) is 0 Å². The molecule has 2 aliphatic rings. The van der Waals surface area contributed by atoms with Crippen molar-refractivity contribution in [2.45, 2.75) is 71.3 Å². The smallest absolute Gasteiger partial charge is 0.222 e. The van der Waals surface area contributed by atoms with E-state index in [1.54, 1.807) is 0 Å². The maximum Gasteiger partial charge on any atom is 0.222 e.